The van der Waals surface area contributed by atoms with E-state index in [1.807, 2.05) is 0 Å². The van der Waals surface area contributed by atoms with Crippen molar-refractivity contribution >= 4 is 17.9 Å². The zero-order valence-electron chi connectivity index (χ0n) is 9.97. The minimum atomic E-state index is -1.07. The molecule has 0 bridgehead atoms. The Morgan fingerprint density at radius 1 is 1.47 bits per heavy atom. The molecule has 1 aliphatic rings. The summed E-state index contributed by atoms with van der Waals surface area (Å²) in [4.78, 5) is 36.5. The molecule has 1 rings (SSSR count). The van der Waals surface area contributed by atoms with Crippen LogP contribution in [0.4, 0.5) is 4.79 Å². The number of urea groups is 1. The summed E-state index contributed by atoms with van der Waals surface area (Å²) in [5.41, 5.74) is 0. The van der Waals surface area contributed by atoms with Crippen molar-refractivity contribution in [1.82, 2.24) is 15.1 Å². The van der Waals surface area contributed by atoms with Crippen LogP contribution in [-0.4, -0.2) is 66.0 Å². The zero-order valence-corrected chi connectivity index (χ0v) is 9.97. The van der Waals surface area contributed by atoms with Crippen LogP contribution in [0.1, 0.15) is 12.8 Å². The summed E-state index contributed by atoms with van der Waals surface area (Å²) in [6.07, 6.45) is 1.37. The number of likely N-dealkylation sites (tertiary alicyclic amines) is 1. The van der Waals surface area contributed by atoms with E-state index in [0.29, 0.717) is 13.0 Å². The van der Waals surface area contributed by atoms with Crippen LogP contribution in [0, 0.1) is 0 Å². The Morgan fingerprint density at radius 2 is 2.12 bits per heavy atom. The van der Waals surface area contributed by atoms with Gasteiger partial charge in [-0.25, -0.2) is 4.79 Å². The minimum Gasteiger partial charge on any atom is -0.480 e. The van der Waals surface area contributed by atoms with Gasteiger partial charge in [-0.1, -0.05) is 0 Å². The Kier molecular flexibility index (Phi) is 4.30. The van der Waals surface area contributed by atoms with Gasteiger partial charge in [0, 0.05) is 20.6 Å². The van der Waals surface area contributed by atoms with Crippen molar-refractivity contribution in [2.75, 3.05) is 27.2 Å². The average molecular weight is 243 g/mol. The van der Waals surface area contributed by atoms with Gasteiger partial charge in [0.1, 0.15) is 12.6 Å². The second-order valence-corrected chi connectivity index (χ2v) is 4.00. The fourth-order valence-corrected chi connectivity index (χ4v) is 1.92. The van der Waals surface area contributed by atoms with Gasteiger partial charge in [-0.3, -0.25) is 9.59 Å². The summed E-state index contributed by atoms with van der Waals surface area (Å²) in [7, 11) is 2.93. The van der Waals surface area contributed by atoms with Crippen LogP contribution in [0.25, 0.3) is 0 Å². The summed E-state index contributed by atoms with van der Waals surface area (Å²) in [6.45, 7) is 0.122. The SMILES string of the molecule is CNC(=O)C1CCCN1C(=O)N(C)CC(=O)O. The summed E-state index contributed by atoms with van der Waals surface area (Å²) in [6, 6.07) is -0.901. The van der Waals surface area contributed by atoms with Crippen molar-refractivity contribution in [3.8, 4) is 0 Å². The van der Waals surface area contributed by atoms with Crippen molar-refractivity contribution in [3.05, 3.63) is 0 Å². The minimum absolute atomic E-state index is 0.209. The molecule has 7 nitrogen and oxygen atoms in total. The average Bonchev–Trinajstić information content (AvgIpc) is 2.74. The summed E-state index contributed by atoms with van der Waals surface area (Å²) >= 11 is 0. The second kappa shape index (κ2) is 5.51. The largest absolute Gasteiger partial charge is 0.480 e. The maximum absolute atomic E-state index is 11.9. The summed E-state index contributed by atoms with van der Waals surface area (Å²) in [5, 5.41) is 11.1. The van der Waals surface area contributed by atoms with Crippen LogP contribution in [0.2, 0.25) is 0 Å². The lowest BCUT2D eigenvalue weighted by atomic mass is 10.2. The molecule has 0 saturated carbocycles. The number of carbonyl (C=O) groups excluding carboxylic acids is 2. The molecular weight excluding hydrogens is 226 g/mol. The van der Waals surface area contributed by atoms with Crippen LogP contribution >= 0.6 is 0 Å². The lowest BCUT2D eigenvalue weighted by Crippen LogP contribution is -2.50. The van der Waals surface area contributed by atoms with Gasteiger partial charge < -0.3 is 20.2 Å². The molecule has 1 fully saturated rings. The molecule has 1 aliphatic heterocycles. The summed E-state index contributed by atoms with van der Waals surface area (Å²) in [5.74, 6) is -1.28. The van der Waals surface area contributed by atoms with E-state index in [4.69, 9.17) is 5.11 Å². The summed E-state index contributed by atoms with van der Waals surface area (Å²) < 4.78 is 0. The third kappa shape index (κ3) is 3.08. The third-order valence-electron chi connectivity index (χ3n) is 2.75. The fourth-order valence-electron chi connectivity index (χ4n) is 1.92. The quantitative estimate of drug-likeness (QED) is 0.688. The number of hydrogen-bond acceptors (Lipinski definition) is 3. The van der Waals surface area contributed by atoms with Gasteiger partial charge in [0.2, 0.25) is 5.91 Å². The Bertz CT molecular complexity index is 332. The topological polar surface area (TPSA) is 90.0 Å². The molecule has 7 heteroatoms. The van der Waals surface area contributed by atoms with E-state index in [9.17, 15) is 14.4 Å². The first-order chi connectivity index (χ1) is 7.97. The Balaban J connectivity index is 2.67. The molecule has 0 aromatic heterocycles. The predicted molar refractivity (Wildman–Crippen MR) is 59.5 cm³/mol. The molecule has 96 valence electrons. The van der Waals surface area contributed by atoms with E-state index in [-0.39, 0.29) is 12.5 Å². The van der Waals surface area contributed by atoms with Gasteiger partial charge >= 0.3 is 12.0 Å². The van der Waals surface area contributed by atoms with Crippen LogP contribution in [-0.2, 0) is 9.59 Å². The lowest BCUT2D eigenvalue weighted by Gasteiger charge is -2.27. The standard InChI is InChI=1S/C10H17N3O4/c1-11-9(16)7-4-3-5-13(7)10(17)12(2)6-8(14)15/h7H,3-6H2,1-2H3,(H,11,16)(H,14,15). The molecule has 1 saturated heterocycles. The Labute approximate surface area is 99.4 Å². The van der Waals surface area contributed by atoms with Gasteiger partial charge in [0.25, 0.3) is 0 Å². The van der Waals surface area contributed by atoms with E-state index in [1.54, 1.807) is 0 Å². The van der Waals surface area contributed by atoms with Gasteiger partial charge in [0.15, 0.2) is 0 Å². The Hall–Kier alpha value is -1.79. The smallest absolute Gasteiger partial charge is 0.323 e. The van der Waals surface area contributed by atoms with E-state index in [0.717, 1.165) is 11.3 Å². The molecule has 0 aromatic carbocycles. The highest BCUT2D eigenvalue weighted by atomic mass is 16.4. The molecule has 2 N–H and O–H groups in total. The highest BCUT2D eigenvalue weighted by molar-refractivity contribution is 5.88. The number of carboxylic acid groups (broad SMARTS) is 1. The molecule has 1 heterocycles. The first-order valence-corrected chi connectivity index (χ1v) is 5.42. The van der Waals surface area contributed by atoms with Gasteiger partial charge in [-0.15, -0.1) is 0 Å². The number of likely N-dealkylation sites (N-methyl/N-ethyl adjacent to an activating group) is 2. The van der Waals surface area contributed by atoms with E-state index >= 15 is 0 Å². The first-order valence-electron chi connectivity index (χ1n) is 5.42. The molecular formula is C10H17N3O4. The van der Waals surface area contributed by atoms with Crippen molar-refractivity contribution in [2.24, 2.45) is 0 Å². The van der Waals surface area contributed by atoms with Crippen LogP contribution in [0.3, 0.4) is 0 Å². The molecule has 0 spiro atoms. The van der Waals surface area contributed by atoms with Crippen LogP contribution < -0.4 is 5.32 Å². The molecule has 0 aliphatic carbocycles. The number of rotatable bonds is 3. The molecule has 1 atom stereocenters. The van der Waals surface area contributed by atoms with Gasteiger partial charge in [-0.05, 0) is 12.8 Å². The van der Waals surface area contributed by atoms with Crippen LogP contribution in [0.15, 0.2) is 0 Å². The first kappa shape index (κ1) is 13.3. The highest BCUT2D eigenvalue weighted by Crippen LogP contribution is 2.18. The molecule has 17 heavy (non-hydrogen) atoms. The van der Waals surface area contributed by atoms with E-state index in [2.05, 4.69) is 5.32 Å². The van der Waals surface area contributed by atoms with Crippen molar-refractivity contribution in [3.63, 3.8) is 0 Å². The maximum atomic E-state index is 11.9. The number of amides is 3. The van der Waals surface area contributed by atoms with Gasteiger partial charge in [0.05, 0.1) is 0 Å². The third-order valence-corrected chi connectivity index (χ3v) is 2.75. The monoisotopic (exact) mass is 243 g/mol. The second-order valence-electron chi connectivity index (χ2n) is 4.00. The van der Waals surface area contributed by atoms with Crippen LogP contribution in [0.5, 0.6) is 0 Å². The van der Waals surface area contributed by atoms with E-state index < -0.39 is 18.0 Å². The number of aliphatic carboxylic acids is 1. The van der Waals surface area contributed by atoms with E-state index in [1.165, 1.54) is 19.0 Å². The number of carbonyl (C=O) groups is 3. The fraction of sp³-hybridized carbons (Fsp3) is 0.700. The highest BCUT2D eigenvalue weighted by Gasteiger charge is 2.35. The molecule has 1 unspecified atom stereocenters. The molecule has 0 radical (unpaired) electrons. The maximum Gasteiger partial charge on any atom is 0.323 e. The zero-order chi connectivity index (χ0) is 13.0. The van der Waals surface area contributed by atoms with Crippen molar-refractivity contribution < 1.29 is 19.5 Å². The number of hydrogen-bond donors (Lipinski definition) is 2. The Morgan fingerprint density at radius 3 is 2.65 bits per heavy atom. The van der Waals surface area contributed by atoms with Gasteiger partial charge in [-0.2, -0.15) is 0 Å². The molecule has 3 amide bonds. The predicted octanol–water partition coefficient (Wildman–Crippen LogP) is -0.667. The number of carboxylic acids is 1. The number of nitrogens with zero attached hydrogens (tertiary/aromatic N) is 2. The van der Waals surface area contributed by atoms with Crippen molar-refractivity contribution in [1.29, 1.82) is 0 Å². The number of nitrogens with one attached hydrogen (secondary N) is 1. The normalized spacial score (nSPS) is 18.9. The molecule has 0 aromatic rings. The van der Waals surface area contributed by atoms with Crippen molar-refractivity contribution in [2.45, 2.75) is 18.9 Å². The lowest BCUT2D eigenvalue weighted by molar-refractivity contribution is -0.137.